The van der Waals surface area contributed by atoms with Crippen molar-refractivity contribution in [3.63, 3.8) is 0 Å². The van der Waals surface area contributed by atoms with Gasteiger partial charge in [-0.2, -0.15) is 0 Å². The van der Waals surface area contributed by atoms with Crippen LogP contribution >= 0.6 is 0 Å². The summed E-state index contributed by atoms with van der Waals surface area (Å²) in [6.45, 7) is 7.76. The fourth-order valence-corrected chi connectivity index (χ4v) is 1.38. The molecule has 2 unspecified atom stereocenters. The summed E-state index contributed by atoms with van der Waals surface area (Å²) in [6, 6.07) is 0.225. The van der Waals surface area contributed by atoms with Crippen molar-refractivity contribution in [1.29, 1.82) is 0 Å². The lowest BCUT2D eigenvalue weighted by Crippen LogP contribution is -2.35. The van der Waals surface area contributed by atoms with Gasteiger partial charge < -0.3 is 15.7 Å². The van der Waals surface area contributed by atoms with E-state index in [2.05, 4.69) is 10.6 Å². The van der Waals surface area contributed by atoms with Gasteiger partial charge in [0, 0.05) is 25.6 Å². The van der Waals surface area contributed by atoms with E-state index in [-0.39, 0.29) is 18.6 Å². The number of hydrogen-bond donors (Lipinski definition) is 3. The Morgan fingerprint density at radius 1 is 1.40 bits per heavy atom. The van der Waals surface area contributed by atoms with Crippen molar-refractivity contribution >= 4 is 5.91 Å². The summed E-state index contributed by atoms with van der Waals surface area (Å²) in [6.07, 6.45) is 1.25. The molecule has 0 fully saturated rings. The molecule has 0 spiro atoms. The predicted molar refractivity (Wildman–Crippen MR) is 61.6 cm³/mol. The number of aliphatic hydroxyl groups is 1. The van der Waals surface area contributed by atoms with E-state index in [4.69, 9.17) is 5.11 Å². The minimum Gasteiger partial charge on any atom is -0.396 e. The third kappa shape index (κ3) is 8.39. The lowest BCUT2D eigenvalue weighted by atomic mass is 10.1. The molecule has 0 rings (SSSR count). The van der Waals surface area contributed by atoms with E-state index in [0.717, 1.165) is 13.0 Å². The van der Waals surface area contributed by atoms with E-state index in [0.29, 0.717) is 18.9 Å². The second-order valence-corrected chi connectivity index (χ2v) is 4.08. The first kappa shape index (κ1) is 14.4. The summed E-state index contributed by atoms with van der Waals surface area (Å²) < 4.78 is 0. The van der Waals surface area contributed by atoms with E-state index >= 15 is 0 Å². The number of nitrogens with one attached hydrogen (secondary N) is 2. The van der Waals surface area contributed by atoms with Gasteiger partial charge in [0.05, 0.1) is 0 Å². The smallest absolute Gasteiger partial charge is 0.221 e. The number of amides is 1. The van der Waals surface area contributed by atoms with E-state index in [1.165, 1.54) is 0 Å². The van der Waals surface area contributed by atoms with E-state index in [9.17, 15) is 4.79 Å². The average Bonchev–Trinajstić information content (AvgIpc) is 2.15. The highest BCUT2D eigenvalue weighted by Crippen LogP contribution is 1.98. The molecule has 90 valence electrons. The molecule has 15 heavy (non-hydrogen) atoms. The fraction of sp³-hybridized carbons (Fsp3) is 0.909. The number of carbonyl (C=O) groups excluding carboxylic acids is 1. The molecule has 0 saturated carbocycles. The molecule has 0 heterocycles. The second kappa shape index (κ2) is 8.68. The Kier molecular flexibility index (Phi) is 8.33. The summed E-state index contributed by atoms with van der Waals surface area (Å²) in [4.78, 5) is 11.4. The number of aliphatic hydroxyl groups excluding tert-OH is 1. The third-order valence-electron chi connectivity index (χ3n) is 2.31. The molecule has 0 aliphatic carbocycles. The largest absolute Gasteiger partial charge is 0.396 e. The van der Waals surface area contributed by atoms with Crippen LogP contribution in [0.4, 0.5) is 0 Å². The van der Waals surface area contributed by atoms with E-state index < -0.39 is 0 Å². The molecular weight excluding hydrogens is 192 g/mol. The summed E-state index contributed by atoms with van der Waals surface area (Å²) in [7, 11) is 0. The lowest BCUT2D eigenvalue weighted by molar-refractivity contribution is -0.121. The van der Waals surface area contributed by atoms with Crippen LogP contribution in [-0.4, -0.2) is 36.8 Å². The minimum absolute atomic E-state index is 0.0771. The zero-order valence-corrected chi connectivity index (χ0v) is 10.0. The van der Waals surface area contributed by atoms with Crippen LogP contribution in [0.25, 0.3) is 0 Å². The number of hydrogen-bond acceptors (Lipinski definition) is 3. The molecule has 2 atom stereocenters. The maximum Gasteiger partial charge on any atom is 0.221 e. The molecule has 1 amide bonds. The van der Waals surface area contributed by atoms with E-state index in [1.54, 1.807) is 0 Å². The van der Waals surface area contributed by atoms with Crippen LogP contribution in [0.3, 0.4) is 0 Å². The van der Waals surface area contributed by atoms with Crippen molar-refractivity contribution in [2.24, 2.45) is 5.92 Å². The maximum absolute atomic E-state index is 11.4. The van der Waals surface area contributed by atoms with Crippen molar-refractivity contribution in [1.82, 2.24) is 10.6 Å². The topological polar surface area (TPSA) is 61.4 Å². The second-order valence-electron chi connectivity index (χ2n) is 4.08. The average molecular weight is 216 g/mol. The molecular formula is C11H24N2O2. The standard InChI is InChI=1S/C11H24N2O2/c1-4-12-10(3)7-11(15)13-8-9(2)5-6-14/h9-10,12,14H,4-8H2,1-3H3,(H,13,15). The van der Waals surface area contributed by atoms with Gasteiger partial charge in [-0.05, 0) is 25.8 Å². The molecule has 4 heteroatoms. The van der Waals surface area contributed by atoms with Crippen molar-refractivity contribution in [2.45, 2.75) is 39.7 Å². The Bertz CT molecular complexity index is 174. The minimum atomic E-state index is 0.0771. The Labute approximate surface area is 92.4 Å². The van der Waals surface area contributed by atoms with Gasteiger partial charge in [-0.1, -0.05) is 13.8 Å². The van der Waals surface area contributed by atoms with Crippen molar-refractivity contribution in [3.8, 4) is 0 Å². The molecule has 0 radical (unpaired) electrons. The Hall–Kier alpha value is -0.610. The van der Waals surface area contributed by atoms with Crippen LogP contribution in [0, 0.1) is 5.92 Å². The van der Waals surface area contributed by atoms with Gasteiger partial charge in [-0.3, -0.25) is 4.79 Å². The Balaban J connectivity index is 3.56. The van der Waals surface area contributed by atoms with Gasteiger partial charge in [0.25, 0.3) is 0 Å². The normalized spacial score (nSPS) is 14.7. The first-order chi connectivity index (χ1) is 7.10. The van der Waals surface area contributed by atoms with Gasteiger partial charge in [0.1, 0.15) is 0 Å². The summed E-state index contributed by atoms with van der Waals surface area (Å²) in [5, 5.41) is 14.7. The summed E-state index contributed by atoms with van der Waals surface area (Å²) in [5.41, 5.74) is 0. The first-order valence-corrected chi connectivity index (χ1v) is 5.71. The highest BCUT2D eigenvalue weighted by atomic mass is 16.3. The maximum atomic E-state index is 11.4. The van der Waals surface area contributed by atoms with Crippen molar-refractivity contribution in [2.75, 3.05) is 19.7 Å². The highest BCUT2D eigenvalue weighted by Gasteiger charge is 2.08. The third-order valence-corrected chi connectivity index (χ3v) is 2.31. The number of rotatable bonds is 8. The SMILES string of the molecule is CCNC(C)CC(=O)NCC(C)CCO. The van der Waals surface area contributed by atoms with Crippen molar-refractivity contribution in [3.05, 3.63) is 0 Å². The Morgan fingerprint density at radius 2 is 2.07 bits per heavy atom. The van der Waals surface area contributed by atoms with Gasteiger partial charge in [0.15, 0.2) is 0 Å². The van der Waals surface area contributed by atoms with Crippen LogP contribution in [0.5, 0.6) is 0 Å². The van der Waals surface area contributed by atoms with Gasteiger partial charge in [-0.15, -0.1) is 0 Å². The zero-order valence-electron chi connectivity index (χ0n) is 10.0. The van der Waals surface area contributed by atoms with Crippen LogP contribution < -0.4 is 10.6 Å². The van der Waals surface area contributed by atoms with Crippen LogP contribution in [0.2, 0.25) is 0 Å². The van der Waals surface area contributed by atoms with Crippen LogP contribution in [0.15, 0.2) is 0 Å². The van der Waals surface area contributed by atoms with Crippen LogP contribution in [0.1, 0.15) is 33.6 Å². The fourth-order valence-electron chi connectivity index (χ4n) is 1.38. The van der Waals surface area contributed by atoms with Gasteiger partial charge in [-0.25, -0.2) is 0 Å². The van der Waals surface area contributed by atoms with E-state index in [1.807, 2.05) is 20.8 Å². The quantitative estimate of drug-likeness (QED) is 0.554. The highest BCUT2D eigenvalue weighted by molar-refractivity contribution is 5.76. The van der Waals surface area contributed by atoms with Gasteiger partial charge >= 0.3 is 0 Å². The molecule has 0 bridgehead atoms. The van der Waals surface area contributed by atoms with Crippen LogP contribution in [-0.2, 0) is 4.79 Å². The lowest BCUT2D eigenvalue weighted by Gasteiger charge is -2.14. The molecule has 4 nitrogen and oxygen atoms in total. The molecule has 0 aromatic heterocycles. The molecule has 0 aromatic carbocycles. The summed E-state index contributed by atoms with van der Waals surface area (Å²) >= 11 is 0. The Morgan fingerprint density at radius 3 is 2.60 bits per heavy atom. The van der Waals surface area contributed by atoms with Crippen molar-refractivity contribution < 1.29 is 9.90 Å². The molecule has 3 N–H and O–H groups in total. The molecule has 0 aliphatic heterocycles. The molecule has 0 aromatic rings. The number of carbonyl (C=O) groups is 1. The van der Waals surface area contributed by atoms with Gasteiger partial charge in [0.2, 0.25) is 5.91 Å². The summed E-state index contributed by atoms with van der Waals surface area (Å²) in [5.74, 6) is 0.418. The molecule has 0 aliphatic rings. The first-order valence-electron chi connectivity index (χ1n) is 5.71. The zero-order chi connectivity index (χ0) is 11.7. The predicted octanol–water partition coefficient (Wildman–Crippen LogP) is 0.509. The molecule has 0 saturated heterocycles. The monoisotopic (exact) mass is 216 g/mol.